The van der Waals surface area contributed by atoms with Gasteiger partial charge in [-0.15, -0.1) is 0 Å². The van der Waals surface area contributed by atoms with Gasteiger partial charge in [-0.2, -0.15) is 5.10 Å². The maximum absolute atomic E-state index is 11.9. The Bertz CT molecular complexity index is 559. The highest BCUT2D eigenvalue weighted by Gasteiger charge is 2.15. The molecule has 2 aromatic rings. The van der Waals surface area contributed by atoms with Gasteiger partial charge in [0.25, 0.3) is 0 Å². The van der Waals surface area contributed by atoms with Crippen LogP contribution in [0.1, 0.15) is 22.7 Å². The highest BCUT2D eigenvalue weighted by atomic mass is 16.2. The first kappa shape index (κ1) is 13.3. The molecule has 0 bridgehead atoms. The van der Waals surface area contributed by atoms with Crippen LogP contribution in [-0.2, 0) is 18.4 Å². The molecule has 100 valence electrons. The van der Waals surface area contributed by atoms with Crippen LogP contribution >= 0.6 is 0 Å². The Kier molecular flexibility index (Phi) is 3.97. The van der Waals surface area contributed by atoms with Gasteiger partial charge in [0, 0.05) is 25.4 Å². The number of hydrogen-bond acceptors (Lipinski definition) is 3. The van der Waals surface area contributed by atoms with Gasteiger partial charge in [0.1, 0.15) is 6.04 Å². The molecule has 0 aliphatic heterocycles. The van der Waals surface area contributed by atoms with E-state index in [4.69, 9.17) is 5.73 Å². The quantitative estimate of drug-likeness (QED) is 0.860. The zero-order valence-electron chi connectivity index (χ0n) is 11.1. The van der Waals surface area contributed by atoms with E-state index in [9.17, 15) is 4.79 Å². The van der Waals surface area contributed by atoms with E-state index < -0.39 is 6.04 Å². The summed E-state index contributed by atoms with van der Waals surface area (Å²) in [6.07, 6.45) is 3.58. The molecule has 2 rings (SSSR count). The normalized spacial score (nSPS) is 12.2. The maximum atomic E-state index is 11.9. The number of nitrogens with one attached hydrogen (secondary N) is 1. The second-order valence-corrected chi connectivity index (χ2v) is 4.63. The van der Waals surface area contributed by atoms with E-state index in [0.717, 1.165) is 16.7 Å². The highest BCUT2D eigenvalue weighted by molar-refractivity contribution is 5.82. The molecule has 0 saturated heterocycles. The molecule has 3 N–H and O–H groups in total. The van der Waals surface area contributed by atoms with Crippen LogP contribution in [0.4, 0.5) is 0 Å². The van der Waals surface area contributed by atoms with Crippen LogP contribution in [0.3, 0.4) is 0 Å². The van der Waals surface area contributed by atoms with E-state index in [-0.39, 0.29) is 5.91 Å². The van der Waals surface area contributed by atoms with Gasteiger partial charge in [-0.25, -0.2) is 0 Å². The van der Waals surface area contributed by atoms with Gasteiger partial charge in [-0.1, -0.05) is 29.8 Å². The number of aryl methyl sites for hydroxylation is 2. The summed E-state index contributed by atoms with van der Waals surface area (Å²) in [4.78, 5) is 11.9. The number of carbonyl (C=O) groups is 1. The Hall–Kier alpha value is -2.14. The van der Waals surface area contributed by atoms with E-state index >= 15 is 0 Å². The summed E-state index contributed by atoms with van der Waals surface area (Å²) in [5, 5.41) is 6.85. The van der Waals surface area contributed by atoms with Crippen LogP contribution < -0.4 is 11.1 Å². The Morgan fingerprint density at radius 3 is 2.68 bits per heavy atom. The van der Waals surface area contributed by atoms with E-state index in [1.54, 1.807) is 10.9 Å². The number of amides is 1. The monoisotopic (exact) mass is 258 g/mol. The lowest BCUT2D eigenvalue weighted by Gasteiger charge is -2.12. The lowest BCUT2D eigenvalue weighted by Crippen LogP contribution is -2.33. The van der Waals surface area contributed by atoms with Crippen LogP contribution in [0.2, 0.25) is 0 Å². The molecular weight excluding hydrogens is 240 g/mol. The Balaban J connectivity index is 1.94. The van der Waals surface area contributed by atoms with Crippen LogP contribution in [0.5, 0.6) is 0 Å². The van der Waals surface area contributed by atoms with Crippen LogP contribution in [0.25, 0.3) is 0 Å². The van der Waals surface area contributed by atoms with E-state index in [2.05, 4.69) is 10.4 Å². The van der Waals surface area contributed by atoms with Crippen LogP contribution in [0, 0.1) is 6.92 Å². The topological polar surface area (TPSA) is 72.9 Å². The first-order valence-corrected chi connectivity index (χ1v) is 6.13. The van der Waals surface area contributed by atoms with Crippen molar-refractivity contribution in [2.45, 2.75) is 19.5 Å². The standard InChI is InChI=1S/C14H18N4O/c1-10-3-5-12(6-4-10)13(15)14(19)16-7-11-8-17-18(2)9-11/h3-6,8-9,13H,7,15H2,1-2H3,(H,16,19). The Labute approximate surface area is 112 Å². The average molecular weight is 258 g/mol. The predicted octanol–water partition coefficient (Wildman–Crippen LogP) is 1.04. The summed E-state index contributed by atoms with van der Waals surface area (Å²) >= 11 is 0. The predicted molar refractivity (Wildman–Crippen MR) is 73.2 cm³/mol. The molecule has 0 spiro atoms. The van der Waals surface area contributed by atoms with Crippen LogP contribution in [0.15, 0.2) is 36.7 Å². The van der Waals surface area contributed by atoms with Crippen LogP contribution in [-0.4, -0.2) is 15.7 Å². The molecule has 0 aliphatic carbocycles. The second kappa shape index (κ2) is 5.67. The zero-order valence-corrected chi connectivity index (χ0v) is 11.1. The van der Waals surface area contributed by atoms with Gasteiger partial charge in [-0.3, -0.25) is 9.48 Å². The van der Waals surface area contributed by atoms with Gasteiger partial charge >= 0.3 is 0 Å². The minimum absolute atomic E-state index is 0.187. The van der Waals surface area contributed by atoms with Crippen molar-refractivity contribution in [2.24, 2.45) is 12.8 Å². The van der Waals surface area contributed by atoms with E-state index in [1.165, 1.54) is 0 Å². The number of nitrogens with zero attached hydrogens (tertiary/aromatic N) is 2. The van der Waals surface area contributed by atoms with Gasteiger partial charge in [0.05, 0.1) is 6.20 Å². The molecule has 1 heterocycles. The molecule has 0 saturated carbocycles. The second-order valence-electron chi connectivity index (χ2n) is 4.63. The van der Waals surface area contributed by atoms with Crippen molar-refractivity contribution in [3.63, 3.8) is 0 Å². The Morgan fingerprint density at radius 1 is 1.42 bits per heavy atom. The van der Waals surface area contributed by atoms with Crippen molar-refractivity contribution in [3.05, 3.63) is 53.3 Å². The number of rotatable bonds is 4. The number of aromatic nitrogens is 2. The minimum Gasteiger partial charge on any atom is -0.350 e. The number of hydrogen-bond donors (Lipinski definition) is 2. The fourth-order valence-corrected chi connectivity index (χ4v) is 1.79. The SMILES string of the molecule is Cc1ccc(C(N)C(=O)NCc2cnn(C)c2)cc1. The lowest BCUT2D eigenvalue weighted by atomic mass is 10.1. The van der Waals surface area contributed by atoms with Crippen molar-refractivity contribution < 1.29 is 4.79 Å². The van der Waals surface area contributed by atoms with E-state index in [1.807, 2.05) is 44.4 Å². The summed E-state index contributed by atoms with van der Waals surface area (Å²) in [5.41, 5.74) is 8.84. The first-order chi connectivity index (χ1) is 9.06. The molecule has 5 heteroatoms. The van der Waals surface area contributed by atoms with Gasteiger partial charge < -0.3 is 11.1 Å². The number of carbonyl (C=O) groups excluding carboxylic acids is 1. The highest BCUT2D eigenvalue weighted by Crippen LogP contribution is 2.11. The molecule has 1 aromatic heterocycles. The van der Waals surface area contributed by atoms with Crippen molar-refractivity contribution in [1.82, 2.24) is 15.1 Å². The first-order valence-electron chi connectivity index (χ1n) is 6.13. The average Bonchev–Trinajstić information content (AvgIpc) is 2.82. The molecule has 0 aliphatic rings. The molecule has 1 unspecified atom stereocenters. The fraction of sp³-hybridized carbons (Fsp3) is 0.286. The summed E-state index contributed by atoms with van der Waals surface area (Å²) in [6, 6.07) is 7.01. The molecule has 0 fully saturated rings. The molecule has 1 amide bonds. The van der Waals surface area contributed by atoms with Crippen molar-refractivity contribution in [2.75, 3.05) is 0 Å². The van der Waals surface area contributed by atoms with Crippen molar-refractivity contribution >= 4 is 5.91 Å². The fourth-order valence-electron chi connectivity index (χ4n) is 1.79. The summed E-state index contributed by atoms with van der Waals surface area (Å²) in [6.45, 7) is 2.43. The van der Waals surface area contributed by atoms with E-state index in [0.29, 0.717) is 6.54 Å². The maximum Gasteiger partial charge on any atom is 0.241 e. The summed E-state index contributed by atoms with van der Waals surface area (Å²) in [7, 11) is 1.84. The smallest absolute Gasteiger partial charge is 0.241 e. The largest absolute Gasteiger partial charge is 0.350 e. The summed E-state index contributed by atoms with van der Waals surface area (Å²) < 4.78 is 1.70. The van der Waals surface area contributed by atoms with Gasteiger partial charge in [0.2, 0.25) is 5.91 Å². The van der Waals surface area contributed by atoms with Gasteiger partial charge in [0.15, 0.2) is 0 Å². The molecule has 19 heavy (non-hydrogen) atoms. The minimum atomic E-state index is -0.641. The summed E-state index contributed by atoms with van der Waals surface area (Å²) in [5.74, 6) is -0.187. The van der Waals surface area contributed by atoms with Crippen molar-refractivity contribution in [3.8, 4) is 0 Å². The molecule has 0 radical (unpaired) electrons. The molecular formula is C14H18N4O. The molecule has 1 aromatic carbocycles. The third kappa shape index (κ3) is 3.42. The van der Waals surface area contributed by atoms with Gasteiger partial charge in [-0.05, 0) is 12.5 Å². The zero-order chi connectivity index (χ0) is 13.8. The Morgan fingerprint density at radius 2 is 2.11 bits per heavy atom. The van der Waals surface area contributed by atoms with Crippen molar-refractivity contribution in [1.29, 1.82) is 0 Å². The third-order valence-corrected chi connectivity index (χ3v) is 2.94. The lowest BCUT2D eigenvalue weighted by molar-refractivity contribution is -0.122. The molecule has 5 nitrogen and oxygen atoms in total. The number of nitrogens with two attached hydrogens (primary N) is 1. The third-order valence-electron chi connectivity index (χ3n) is 2.94. The number of benzene rings is 1. The molecule has 1 atom stereocenters.